The second kappa shape index (κ2) is 8.73. The van der Waals surface area contributed by atoms with Gasteiger partial charge in [-0.3, -0.25) is 0 Å². The van der Waals surface area contributed by atoms with Crippen molar-refractivity contribution in [3.8, 4) is 10.7 Å². The number of fused-ring (bicyclic) bond motifs is 1. The lowest BCUT2D eigenvalue weighted by Gasteiger charge is -2.10. The Morgan fingerprint density at radius 2 is 1.96 bits per heavy atom. The van der Waals surface area contributed by atoms with Crippen LogP contribution in [0.5, 0.6) is 0 Å². The summed E-state index contributed by atoms with van der Waals surface area (Å²) < 4.78 is 10.4. The highest BCUT2D eigenvalue weighted by atomic mass is 32.1. The zero-order valence-corrected chi connectivity index (χ0v) is 14.5. The highest BCUT2D eigenvalue weighted by Crippen LogP contribution is 2.27. The van der Waals surface area contributed by atoms with E-state index >= 15 is 0 Å². The zero-order valence-electron chi connectivity index (χ0n) is 13.7. The van der Waals surface area contributed by atoms with Crippen molar-refractivity contribution in [3.63, 3.8) is 0 Å². The van der Waals surface area contributed by atoms with Crippen LogP contribution in [0.1, 0.15) is 6.42 Å². The molecule has 1 aromatic carbocycles. The number of benzene rings is 1. The maximum Gasteiger partial charge on any atom is 0.172 e. The van der Waals surface area contributed by atoms with E-state index in [4.69, 9.17) is 14.5 Å². The van der Waals surface area contributed by atoms with E-state index in [9.17, 15) is 0 Å². The summed E-state index contributed by atoms with van der Waals surface area (Å²) in [4.78, 5) is 10.5. The predicted molar refractivity (Wildman–Crippen MR) is 98.7 cm³/mol. The van der Waals surface area contributed by atoms with Crippen LogP contribution in [0.3, 0.4) is 0 Å². The van der Waals surface area contributed by atoms with Crippen LogP contribution in [-0.2, 0) is 9.47 Å². The first kappa shape index (κ1) is 16.8. The van der Waals surface area contributed by atoms with Crippen molar-refractivity contribution in [1.29, 1.82) is 0 Å². The van der Waals surface area contributed by atoms with Crippen LogP contribution in [0.25, 0.3) is 21.6 Å². The Balaban J connectivity index is 1.69. The monoisotopic (exact) mass is 343 g/mol. The Morgan fingerprint density at radius 3 is 2.79 bits per heavy atom. The van der Waals surface area contributed by atoms with Crippen LogP contribution in [0.2, 0.25) is 0 Å². The molecule has 0 aliphatic carbocycles. The van der Waals surface area contributed by atoms with E-state index in [0.29, 0.717) is 19.8 Å². The van der Waals surface area contributed by atoms with Gasteiger partial charge >= 0.3 is 0 Å². The third-order valence-electron chi connectivity index (χ3n) is 3.53. The molecule has 1 N–H and O–H groups in total. The van der Waals surface area contributed by atoms with E-state index in [-0.39, 0.29) is 0 Å². The van der Waals surface area contributed by atoms with Crippen LogP contribution < -0.4 is 5.32 Å². The number of anilines is 1. The van der Waals surface area contributed by atoms with E-state index in [1.807, 2.05) is 41.8 Å². The summed E-state index contributed by atoms with van der Waals surface area (Å²) in [7, 11) is 1.68. The van der Waals surface area contributed by atoms with E-state index < -0.39 is 0 Å². The summed E-state index contributed by atoms with van der Waals surface area (Å²) in [6.07, 6.45) is 0.913. The number of thiophene rings is 1. The maximum absolute atomic E-state index is 5.49. The molecule has 0 unspecified atom stereocenters. The van der Waals surface area contributed by atoms with Crippen molar-refractivity contribution in [3.05, 3.63) is 41.8 Å². The highest BCUT2D eigenvalue weighted by Gasteiger charge is 2.09. The number of nitrogens with zero attached hydrogens (tertiary/aromatic N) is 2. The minimum atomic E-state index is 0.633. The molecule has 2 heterocycles. The topological polar surface area (TPSA) is 56.3 Å². The number of nitrogens with one attached hydrogen (secondary N) is 1. The van der Waals surface area contributed by atoms with Gasteiger partial charge in [0.25, 0.3) is 0 Å². The number of ether oxygens (including phenoxy) is 2. The molecule has 3 rings (SSSR count). The van der Waals surface area contributed by atoms with E-state index in [0.717, 1.165) is 40.4 Å². The first-order valence-electron chi connectivity index (χ1n) is 7.99. The fourth-order valence-corrected chi connectivity index (χ4v) is 3.01. The van der Waals surface area contributed by atoms with E-state index in [1.165, 1.54) is 0 Å². The molecule has 6 heteroatoms. The van der Waals surface area contributed by atoms with E-state index in [1.54, 1.807) is 18.4 Å². The molecule has 126 valence electrons. The Morgan fingerprint density at radius 1 is 1.04 bits per heavy atom. The van der Waals surface area contributed by atoms with Crippen LogP contribution in [0.4, 0.5) is 5.82 Å². The average molecular weight is 343 g/mol. The van der Waals surface area contributed by atoms with Gasteiger partial charge in [-0.25, -0.2) is 9.97 Å². The molecule has 0 radical (unpaired) electrons. The first-order chi connectivity index (χ1) is 11.9. The second-order valence-corrected chi connectivity index (χ2v) is 6.22. The largest absolute Gasteiger partial charge is 0.382 e. The number of methoxy groups -OCH3 is 1. The van der Waals surface area contributed by atoms with Gasteiger partial charge in [0, 0.05) is 25.6 Å². The van der Waals surface area contributed by atoms with Gasteiger partial charge in [0.15, 0.2) is 5.82 Å². The van der Waals surface area contributed by atoms with Gasteiger partial charge in [-0.05, 0) is 30.0 Å². The van der Waals surface area contributed by atoms with Gasteiger partial charge in [-0.1, -0.05) is 18.2 Å². The lowest BCUT2D eigenvalue weighted by atomic mass is 10.2. The van der Waals surface area contributed by atoms with Gasteiger partial charge < -0.3 is 14.8 Å². The summed E-state index contributed by atoms with van der Waals surface area (Å²) in [6.45, 7) is 2.78. The SMILES string of the molecule is COCCOCCCNc1nc(-c2cccs2)nc2ccccc12. The Labute approximate surface area is 145 Å². The van der Waals surface area contributed by atoms with Crippen molar-refractivity contribution in [2.24, 2.45) is 0 Å². The number of para-hydroxylation sites is 1. The molecule has 0 saturated heterocycles. The number of rotatable bonds is 9. The second-order valence-electron chi connectivity index (χ2n) is 5.28. The highest BCUT2D eigenvalue weighted by molar-refractivity contribution is 7.13. The van der Waals surface area contributed by atoms with Crippen LogP contribution in [0.15, 0.2) is 41.8 Å². The third-order valence-corrected chi connectivity index (χ3v) is 4.40. The van der Waals surface area contributed by atoms with Gasteiger partial charge in [0.05, 0.1) is 23.6 Å². The molecule has 2 aromatic heterocycles. The molecule has 0 saturated carbocycles. The van der Waals surface area contributed by atoms with Gasteiger partial charge in [0.2, 0.25) is 0 Å². The number of aromatic nitrogens is 2. The molecule has 0 amide bonds. The molecule has 5 nitrogen and oxygen atoms in total. The quantitative estimate of drug-likeness (QED) is 0.599. The summed E-state index contributed by atoms with van der Waals surface area (Å²) in [5.41, 5.74) is 0.953. The maximum atomic E-state index is 5.49. The van der Waals surface area contributed by atoms with Crippen molar-refractivity contribution in [1.82, 2.24) is 9.97 Å². The average Bonchev–Trinajstić information content (AvgIpc) is 3.15. The van der Waals surface area contributed by atoms with Crippen LogP contribution in [0, 0.1) is 0 Å². The van der Waals surface area contributed by atoms with Crippen molar-refractivity contribution >= 4 is 28.1 Å². The smallest absolute Gasteiger partial charge is 0.172 e. The van der Waals surface area contributed by atoms with Gasteiger partial charge in [0.1, 0.15) is 5.82 Å². The fourth-order valence-electron chi connectivity index (χ4n) is 2.35. The van der Waals surface area contributed by atoms with Gasteiger partial charge in [-0.15, -0.1) is 11.3 Å². The Hall–Kier alpha value is -2.02. The molecule has 24 heavy (non-hydrogen) atoms. The summed E-state index contributed by atoms with van der Waals surface area (Å²) in [6, 6.07) is 12.1. The molecule has 0 aliphatic rings. The van der Waals surface area contributed by atoms with Crippen molar-refractivity contribution in [2.45, 2.75) is 6.42 Å². The normalized spacial score (nSPS) is 11.0. The van der Waals surface area contributed by atoms with E-state index in [2.05, 4.69) is 10.3 Å². The number of hydrogen-bond acceptors (Lipinski definition) is 6. The fraction of sp³-hybridized carbons (Fsp3) is 0.333. The standard InChI is InChI=1S/C18H21N3O2S/c1-22-11-12-23-10-5-9-19-17-14-6-2-3-7-15(14)20-18(21-17)16-8-4-13-24-16/h2-4,6-8,13H,5,9-12H2,1H3,(H,19,20,21). The minimum Gasteiger partial charge on any atom is -0.382 e. The molecular weight excluding hydrogens is 322 g/mol. The molecule has 0 atom stereocenters. The number of hydrogen-bond donors (Lipinski definition) is 1. The van der Waals surface area contributed by atoms with Crippen LogP contribution >= 0.6 is 11.3 Å². The lowest BCUT2D eigenvalue weighted by molar-refractivity contribution is 0.0705. The molecule has 3 aromatic rings. The molecular formula is C18H21N3O2S. The third kappa shape index (κ3) is 4.29. The van der Waals surface area contributed by atoms with Crippen molar-refractivity contribution < 1.29 is 9.47 Å². The summed E-state index contributed by atoms with van der Waals surface area (Å²) >= 11 is 1.65. The van der Waals surface area contributed by atoms with Gasteiger partial charge in [-0.2, -0.15) is 0 Å². The lowest BCUT2D eigenvalue weighted by Crippen LogP contribution is -2.10. The Bertz CT molecular complexity index is 762. The minimum absolute atomic E-state index is 0.633. The predicted octanol–water partition coefficient (Wildman–Crippen LogP) is 3.82. The first-order valence-corrected chi connectivity index (χ1v) is 8.87. The molecule has 0 bridgehead atoms. The molecule has 0 aliphatic heterocycles. The summed E-state index contributed by atoms with van der Waals surface area (Å²) in [5, 5.41) is 6.50. The van der Waals surface area contributed by atoms with Crippen molar-refractivity contribution in [2.75, 3.05) is 38.8 Å². The summed E-state index contributed by atoms with van der Waals surface area (Å²) in [5.74, 6) is 1.64. The molecule has 0 spiro atoms. The zero-order chi connectivity index (χ0) is 16.6. The molecule has 0 fully saturated rings. The Kier molecular flexibility index (Phi) is 6.12. The van der Waals surface area contributed by atoms with Crippen LogP contribution in [-0.4, -0.2) is 43.4 Å².